The Morgan fingerprint density at radius 1 is 1.50 bits per heavy atom. The molecular formula is C8H9NO3. The largest absolute Gasteiger partial charge is 0.468 e. The third kappa shape index (κ3) is 2.23. The van der Waals surface area contributed by atoms with Crippen molar-refractivity contribution in [2.75, 3.05) is 7.11 Å². The number of aromatic nitrogens is 1. The Balaban J connectivity index is 2.71. The highest BCUT2D eigenvalue weighted by atomic mass is 16.5. The predicted octanol–water partition coefficient (Wildman–Crippen LogP) is 0.0213. The molecule has 12 heavy (non-hydrogen) atoms. The van der Waals surface area contributed by atoms with Gasteiger partial charge in [-0.2, -0.15) is 0 Å². The lowest BCUT2D eigenvalue weighted by Gasteiger charge is -2.02. The third-order valence-corrected chi connectivity index (χ3v) is 1.40. The minimum Gasteiger partial charge on any atom is -0.468 e. The Bertz CT molecular complexity index is 309. The van der Waals surface area contributed by atoms with Gasteiger partial charge in [-0.3, -0.25) is 9.59 Å². The van der Waals surface area contributed by atoms with E-state index in [-0.39, 0.29) is 17.9 Å². The van der Waals surface area contributed by atoms with Gasteiger partial charge in [0.15, 0.2) is 5.43 Å². The summed E-state index contributed by atoms with van der Waals surface area (Å²) in [5.74, 6) is -0.335. The van der Waals surface area contributed by atoms with Crippen molar-refractivity contribution in [1.29, 1.82) is 0 Å². The molecule has 0 aliphatic carbocycles. The SMILES string of the molecule is COC(=O)Cn1ccc(=O)cc1. The van der Waals surface area contributed by atoms with Gasteiger partial charge in [-0.25, -0.2) is 0 Å². The summed E-state index contributed by atoms with van der Waals surface area (Å²) in [7, 11) is 1.32. The quantitative estimate of drug-likeness (QED) is 0.583. The molecule has 1 heterocycles. The molecule has 0 N–H and O–H groups in total. The van der Waals surface area contributed by atoms with E-state index in [9.17, 15) is 9.59 Å². The molecule has 0 radical (unpaired) electrons. The fourth-order valence-electron chi connectivity index (χ4n) is 0.763. The van der Waals surface area contributed by atoms with Crippen LogP contribution in [0.2, 0.25) is 0 Å². The molecular weight excluding hydrogens is 158 g/mol. The van der Waals surface area contributed by atoms with E-state index in [0.717, 1.165) is 0 Å². The smallest absolute Gasteiger partial charge is 0.325 e. The van der Waals surface area contributed by atoms with Gasteiger partial charge in [0, 0.05) is 24.5 Å². The molecule has 0 aliphatic rings. The first-order valence-electron chi connectivity index (χ1n) is 3.45. The first-order valence-corrected chi connectivity index (χ1v) is 3.45. The van der Waals surface area contributed by atoms with Gasteiger partial charge in [0.05, 0.1) is 7.11 Å². The van der Waals surface area contributed by atoms with Gasteiger partial charge >= 0.3 is 5.97 Å². The average molecular weight is 167 g/mol. The number of hydrogen-bond donors (Lipinski definition) is 0. The molecule has 0 aromatic carbocycles. The fourth-order valence-corrected chi connectivity index (χ4v) is 0.763. The van der Waals surface area contributed by atoms with Crippen LogP contribution < -0.4 is 5.43 Å². The molecule has 0 saturated carbocycles. The number of esters is 1. The Labute approximate surface area is 69.4 Å². The maximum atomic E-state index is 10.7. The van der Waals surface area contributed by atoms with Crippen molar-refractivity contribution >= 4 is 5.97 Å². The number of ether oxygens (including phenoxy) is 1. The van der Waals surface area contributed by atoms with E-state index in [0.29, 0.717) is 0 Å². The second kappa shape index (κ2) is 3.71. The summed E-state index contributed by atoms with van der Waals surface area (Å²) < 4.78 is 6.02. The van der Waals surface area contributed by atoms with Gasteiger partial charge in [-0.05, 0) is 0 Å². The van der Waals surface area contributed by atoms with E-state index in [1.807, 2.05) is 0 Å². The molecule has 0 unspecified atom stereocenters. The van der Waals surface area contributed by atoms with E-state index < -0.39 is 0 Å². The molecule has 0 saturated heterocycles. The molecule has 0 amide bonds. The maximum Gasteiger partial charge on any atom is 0.325 e. The van der Waals surface area contributed by atoms with Crippen molar-refractivity contribution in [3.8, 4) is 0 Å². The Hall–Kier alpha value is -1.58. The van der Waals surface area contributed by atoms with Crippen molar-refractivity contribution in [1.82, 2.24) is 4.57 Å². The normalized spacial score (nSPS) is 9.42. The van der Waals surface area contributed by atoms with Crippen LogP contribution in [0.3, 0.4) is 0 Å². The average Bonchev–Trinajstić information content (AvgIpc) is 2.09. The van der Waals surface area contributed by atoms with E-state index >= 15 is 0 Å². The van der Waals surface area contributed by atoms with Crippen LogP contribution in [-0.4, -0.2) is 17.6 Å². The monoisotopic (exact) mass is 167 g/mol. The molecule has 1 aromatic heterocycles. The Morgan fingerprint density at radius 3 is 2.58 bits per heavy atom. The topological polar surface area (TPSA) is 48.3 Å². The zero-order chi connectivity index (χ0) is 8.97. The first-order chi connectivity index (χ1) is 5.72. The highest BCUT2D eigenvalue weighted by molar-refractivity contribution is 5.68. The predicted molar refractivity (Wildman–Crippen MR) is 42.7 cm³/mol. The highest BCUT2D eigenvalue weighted by Crippen LogP contribution is 1.85. The fraction of sp³-hybridized carbons (Fsp3) is 0.250. The summed E-state index contributed by atoms with van der Waals surface area (Å²) in [6.45, 7) is 0.136. The lowest BCUT2D eigenvalue weighted by molar-refractivity contribution is -0.141. The second-order valence-electron chi connectivity index (χ2n) is 2.28. The number of nitrogens with zero attached hydrogens (tertiary/aromatic N) is 1. The number of pyridine rings is 1. The van der Waals surface area contributed by atoms with Crippen molar-refractivity contribution in [3.63, 3.8) is 0 Å². The van der Waals surface area contributed by atoms with Crippen LogP contribution in [0.15, 0.2) is 29.3 Å². The lowest BCUT2D eigenvalue weighted by Crippen LogP contribution is -2.12. The van der Waals surface area contributed by atoms with Gasteiger partial charge in [-0.15, -0.1) is 0 Å². The number of hydrogen-bond acceptors (Lipinski definition) is 3. The van der Waals surface area contributed by atoms with E-state index in [2.05, 4.69) is 4.74 Å². The zero-order valence-corrected chi connectivity index (χ0v) is 6.69. The second-order valence-corrected chi connectivity index (χ2v) is 2.28. The minimum atomic E-state index is -0.335. The molecule has 0 fully saturated rings. The van der Waals surface area contributed by atoms with Crippen LogP contribution in [-0.2, 0) is 16.1 Å². The van der Waals surface area contributed by atoms with Crippen LogP contribution in [0.5, 0.6) is 0 Å². The van der Waals surface area contributed by atoms with Crippen LogP contribution >= 0.6 is 0 Å². The lowest BCUT2D eigenvalue weighted by atomic mass is 10.4. The Morgan fingerprint density at radius 2 is 2.08 bits per heavy atom. The first kappa shape index (κ1) is 8.52. The number of carbonyl (C=O) groups is 1. The molecule has 64 valence electrons. The minimum absolute atomic E-state index is 0.0730. The highest BCUT2D eigenvalue weighted by Gasteiger charge is 1.98. The molecule has 4 nitrogen and oxygen atoms in total. The summed E-state index contributed by atoms with van der Waals surface area (Å²) in [5.41, 5.74) is -0.0730. The molecule has 1 aromatic rings. The standard InChI is InChI=1S/C8H9NO3/c1-12-8(11)6-9-4-2-7(10)3-5-9/h2-5H,6H2,1H3. The number of methoxy groups -OCH3 is 1. The summed E-state index contributed by atoms with van der Waals surface area (Å²) in [6.07, 6.45) is 3.08. The maximum absolute atomic E-state index is 10.7. The molecule has 0 atom stereocenters. The van der Waals surface area contributed by atoms with Crippen molar-refractivity contribution in [3.05, 3.63) is 34.7 Å². The third-order valence-electron chi connectivity index (χ3n) is 1.40. The van der Waals surface area contributed by atoms with Gasteiger partial charge in [-0.1, -0.05) is 0 Å². The van der Waals surface area contributed by atoms with E-state index in [4.69, 9.17) is 0 Å². The van der Waals surface area contributed by atoms with Gasteiger partial charge in [0.25, 0.3) is 0 Å². The number of carbonyl (C=O) groups excluding carboxylic acids is 1. The summed E-state index contributed by atoms with van der Waals surface area (Å²) >= 11 is 0. The summed E-state index contributed by atoms with van der Waals surface area (Å²) in [4.78, 5) is 21.4. The van der Waals surface area contributed by atoms with Crippen LogP contribution in [0, 0.1) is 0 Å². The van der Waals surface area contributed by atoms with Crippen LogP contribution in [0.25, 0.3) is 0 Å². The van der Waals surface area contributed by atoms with E-state index in [1.54, 1.807) is 17.0 Å². The summed E-state index contributed by atoms with van der Waals surface area (Å²) in [6, 6.07) is 2.78. The molecule has 1 rings (SSSR count). The zero-order valence-electron chi connectivity index (χ0n) is 6.69. The van der Waals surface area contributed by atoms with Crippen LogP contribution in [0.1, 0.15) is 0 Å². The molecule has 0 bridgehead atoms. The summed E-state index contributed by atoms with van der Waals surface area (Å²) in [5, 5.41) is 0. The molecule has 0 spiro atoms. The van der Waals surface area contributed by atoms with Crippen molar-refractivity contribution < 1.29 is 9.53 Å². The van der Waals surface area contributed by atoms with Gasteiger partial charge < -0.3 is 9.30 Å². The number of rotatable bonds is 2. The Kier molecular flexibility index (Phi) is 2.63. The van der Waals surface area contributed by atoms with Gasteiger partial charge in [0.2, 0.25) is 0 Å². The van der Waals surface area contributed by atoms with Gasteiger partial charge in [0.1, 0.15) is 6.54 Å². The van der Waals surface area contributed by atoms with Crippen molar-refractivity contribution in [2.45, 2.75) is 6.54 Å². The van der Waals surface area contributed by atoms with E-state index in [1.165, 1.54) is 19.2 Å². The van der Waals surface area contributed by atoms with Crippen LogP contribution in [0.4, 0.5) is 0 Å². The molecule has 4 heteroatoms. The molecule has 0 aliphatic heterocycles. The van der Waals surface area contributed by atoms with Crippen molar-refractivity contribution in [2.24, 2.45) is 0 Å².